The molecule has 4 heterocycles. The Morgan fingerprint density at radius 1 is 1.08 bits per heavy atom. The number of aromatic nitrogens is 2. The van der Waals surface area contributed by atoms with Crippen molar-refractivity contribution in [1.82, 2.24) is 14.7 Å². The van der Waals surface area contributed by atoms with Gasteiger partial charge in [0.25, 0.3) is 0 Å². The standard InChI is InChI=1S/C38H35ClN4O8S/c1-17-23-13-18(39)5-10-28(23)52-33(17)26-16-29(41(3)40-26)43-35(48)25-15-24-20(8-9-22-31(24)36(49)42(34(22)47)12-11-30(45)46)32(38(25,2)37(43)50)21-7-6-19(44)14-27(21)51-4/h5-8,10,13-14,16,22,24-25,31-32,44H,9,11-12,15H2,1-4H3,(H,45,46)/t22-,24+,25-,31-,32+,38+/m0/s1. The van der Waals surface area contributed by atoms with Crippen molar-refractivity contribution in [3.8, 4) is 22.1 Å². The minimum atomic E-state index is -1.35. The third-order valence-electron chi connectivity index (χ3n) is 11.7. The van der Waals surface area contributed by atoms with Crippen molar-refractivity contribution in [3.05, 3.63) is 70.3 Å². The first-order chi connectivity index (χ1) is 24.8. The van der Waals surface area contributed by atoms with Crippen molar-refractivity contribution < 1.29 is 38.9 Å². The number of carboxylic acid groups (broad SMARTS) is 1. The number of phenols is 1. The van der Waals surface area contributed by atoms with E-state index in [1.54, 1.807) is 37.4 Å². The topological polar surface area (TPSA) is 159 Å². The number of aryl methyl sites for hydroxylation is 2. The number of benzene rings is 2. The predicted molar refractivity (Wildman–Crippen MR) is 192 cm³/mol. The summed E-state index contributed by atoms with van der Waals surface area (Å²) < 4.78 is 8.29. The van der Waals surface area contributed by atoms with Crippen LogP contribution in [0.3, 0.4) is 0 Å². The molecule has 3 fully saturated rings. The molecule has 0 radical (unpaired) electrons. The third kappa shape index (κ3) is 4.78. The summed E-state index contributed by atoms with van der Waals surface area (Å²) in [6, 6.07) is 12.1. The van der Waals surface area contributed by atoms with Crippen molar-refractivity contribution in [3.63, 3.8) is 0 Å². The Hall–Kier alpha value is -5.01. The van der Waals surface area contributed by atoms with Gasteiger partial charge < -0.3 is 14.9 Å². The average Bonchev–Trinajstić information content (AvgIpc) is 3.77. The number of rotatable bonds is 7. The lowest BCUT2D eigenvalue weighted by Crippen LogP contribution is -2.49. The van der Waals surface area contributed by atoms with Gasteiger partial charge in [0.05, 0.1) is 41.6 Å². The number of thiophene rings is 1. The molecule has 0 bridgehead atoms. The maximum Gasteiger partial charge on any atom is 0.305 e. The Kier molecular flexibility index (Phi) is 7.88. The Morgan fingerprint density at radius 2 is 1.85 bits per heavy atom. The summed E-state index contributed by atoms with van der Waals surface area (Å²) in [5, 5.41) is 26.0. The molecule has 12 nitrogen and oxygen atoms in total. The Bertz CT molecular complexity index is 2290. The number of nitrogens with zero attached hydrogens (tertiary/aromatic N) is 4. The molecular weight excluding hydrogens is 708 g/mol. The van der Waals surface area contributed by atoms with Crippen LogP contribution in [0.4, 0.5) is 5.82 Å². The van der Waals surface area contributed by atoms with Crippen LogP contribution in [0.2, 0.25) is 5.02 Å². The number of carbonyl (C=O) groups excluding carboxylic acids is 4. The number of hydrogen-bond donors (Lipinski definition) is 2. The van der Waals surface area contributed by atoms with Gasteiger partial charge in [-0.1, -0.05) is 29.3 Å². The zero-order chi connectivity index (χ0) is 37.0. The molecule has 2 saturated heterocycles. The summed E-state index contributed by atoms with van der Waals surface area (Å²) in [5.74, 6) is -6.07. The molecule has 2 aliphatic carbocycles. The molecule has 2 N–H and O–H groups in total. The fraction of sp³-hybridized carbons (Fsp3) is 0.368. The number of fused-ring (bicyclic) bond motifs is 5. The van der Waals surface area contributed by atoms with E-state index in [2.05, 4.69) is 0 Å². The second-order valence-electron chi connectivity index (χ2n) is 14.3. The first kappa shape index (κ1) is 34.1. The van der Waals surface area contributed by atoms with Crippen LogP contribution in [0.5, 0.6) is 11.5 Å². The molecule has 52 heavy (non-hydrogen) atoms. The molecule has 0 unspecified atom stereocenters. The summed E-state index contributed by atoms with van der Waals surface area (Å²) in [5.41, 5.74) is 1.54. The zero-order valence-electron chi connectivity index (χ0n) is 28.8. The monoisotopic (exact) mass is 742 g/mol. The fourth-order valence-corrected chi connectivity index (χ4v) is 10.5. The lowest BCUT2D eigenvalue weighted by Gasteiger charge is -2.49. The minimum absolute atomic E-state index is 0.0466. The number of aromatic hydroxyl groups is 1. The van der Waals surface area contributed by atoms with E-state index in [1.807, 2.05) is 31.2 Å². The van der Waals surface area contributed by atoms with Crippen molar-refractivity contribution in [2.24, 2.45) is 36.1 Å². The van der Waals surface area contributed by atoms with Crippen LogP contribution in [0.1, 0.15) is 43.2 Å². The number of phenolic OH excluding ortho intramolecular Hbond substituents is 1. The molecule has 4 aromatic rings. The predicted octanol–water partition coefficient (Wildman–Crippen LogP) is 5.68. The summed E-state index contributed by atoms with van der Waals surface area (Å²) in [4.78, 5) is 71.8. The molecule has 2 aromatic carbocycles. The number of halogens is 1. The number of ether oxygens (including phenoxy) is 1. The molecular formula is C38H35ClN4O8S. The van der Waals surface area contributed by atoms with Crippen molar-refractivity contribution >= 4 is 68.4 Å². The molecule has 14 heteroatoms. The number of aliphatic carboxylic acids is 1. The molecule has 0 spiro atoms. The average molecular weight is 743 g/mol. The number of amides is 4. The second kappa shape index (κ2) is 12.0. The number of hydrogen-bond acceptors (Lipinski definition) is 9. The Balaban J connectivity index is 1.24. The van der Waals surface area contributed by atoms with Crippen molar-refractivity contribution in [2.45, 2.75) is 39.0 Å². The van der Waals surface area contributed by atoms with E-state index in [1.165, 1.54) is 28.8 Å². The first-order valence-electron chi connectivity index (χ1n) is 17.0. The van der Waals surface area contributed by atoms with E-state index < -0.39 is 64.6 Å². The van der Waals surface area contributed by atoms with Gasteiger partial charge in [0, 0.05) is 46.9 Å². The molecule has 4 aliphatic rings. The van der Waals surface area contributed by atoms with Gasteiger partial charge in [0.2, 0.25) is 23.6 Å². The molecule has 4 amide bonds. The maximum absolute atomic E-state index is 15.0. The van der Waals surface area contributed by atoms with E-state index in [0.29, 0.717) is 27.8 Å². The molecule has 2 aliphatic heterocycles. The lowest BCUT2D eigenvalue weighted by molar-refractivity contribution is -0.142. The Labute approximate surface area is 307 Å². The van der Waals surface area contributed by atoms with Crippen LogP contribution < -0.4 is 9.64 Å². The molecule has 8 rings (SSSR count). The van der Waals surface area contributed by atoms with Gasteiger partial charge >= 0.3 is 5.97 Å². The number of anilines is 1. The van der Waals surface area contributed by atoms with E-state index in [4.69, 9.17) is 21.4 Å². The van der Waals surface area contributed by atoms with Crippen molar-refractivity contribution in [1.29, 1.82) is 0 Å². The van der Waals surface area contributed by atoms with Crippen LogP contribution in [-0.4, -0.2) is 68.1 Å². The van der Waals surface area contributed by atoms with E-state index in [0.717, 1.165) is 31.0 Å². The quantitative estimate of drug-likeness (QED) is 0.179. The van der Waals surface area contributed by atoms with Gasteiger partial charge in [-0.15, -0.1) is 11.3 Å². The summed E-state index contributed by atoms with van der Waals surface area (Å²) >= 11 is 7.83. The SMILES string of the molecule is COc1cc(O)ccc1[C@H]1C2=CC[C@@H]3C(=O)N(CCC(=O)O)C(=O)[C@@H]3[C@@H]2C[C@H]2C(=O)N(c3cc(-c4sc5ccc(Cl)cc5c4C)nn3C)C(=O)[C@@]12C. The van der Waals surface area contributed by atoms with E-state index in [-0.39, 0.29) is 31.6 Å². The highest BCUT2D eigenvalue weighted by Gasteiger charge is 2.68. The van der Waals surface area contributed by atoms with Gasteiger partial charge in [0.15, 0.2) is 0 Å². The largest absolute Gasteiger partial charge is 0.508 e. The number of likely N-dealkylation sites (tertiary alicyclic amines) is 1. The van der Waals surface area contributed by atoms with Gasteiger partial charge in [0.1, 0.15) is 23.0 Å². The lowest BCUT2D eigenvalue weighted by atomic mass is 9.51. The molecule has 2 aromatic heterocycles. The third-order valence-corrected chi connectivity index (χ3v) is 13.2. The number of carboxylic acids is 1. The summed E-state index contributed by atoms with van der Waals surface area (Å²) in [6.07, 6.45) is 1.89. The van der Waals surface area contributed by atoms with E-state index >= 15 is 4.79 Å². The van der Waals surface area contributed by atoms with Gasteiger partial charge in [-0.05, 0) is 67.8 Å². The van der Waals surface area contributed by atoms with Gasteiger partial charge in [-0.25, -0.2) is 4.90 Å². The number of allylic oxidation sites excluding steroid dienone is 2. The van der Waals surface area contributed by atoms with E-state index in [9.17, 15) is 29.4 Å². The van der Waals surface area contributed by atoms with Crippen LogP contribution in [0, 0.1) is 36.0 Å². The molecule has 268 valence electrons. The first-order valence-corrected chi connectivity index (χ1v) is 18.2. The van der Waals surface area contributed by atoms with Crippen molar-refractivity contribution in [2.75, 3.05) is 18.6 Å². The number of imide groups is 2. The zero-order valence-corrected chi connectivity index (χ0v) is 30.3. The molecule has 6 atom stereocenters. The van der Waals surface area contributed by atoms with Crippen LogP contribution in [0.15, 0.2) is 54.1 Å². The Morgan fingerprint density at radius 3 is 2.58 bits per heavy atom. The van der Waals surface area contributed by atoms with Crippen LogP contribution in [-0.2, 0) is 31.0 Å². The number of carbonyl (C=O) groups is 5. The highest BCUT2D eigenvalue weighted by Crippen LogP contribution is 2.64. The van der Waals surface area contributed by atoms with Gasteiger partial charge in [-0.3, -0.25) is 33.6 Å². The summed E-state index contributed by atoms with van der Waals surface area (Å²) in [7, 11) is 3.14. The second-order valence-corrected chi connectivity index (χ2v) is 15.8. The van der Waals surface area contributed by atoms with Crippen LogP contribution >= 0.6 is 22.9 Å². The maximum atomic E-state index is 15.0. The minimum Gasteiger partial charge on any atom is -0.508 e. The summed E-state index contributed by atoms with van der Waals surface area (Å²) in [6.45, 7) is 3.52. The highest BCUT2D eigenvalue weighted by atomic mass is 35.5. The number of methoxy groups -OCH3 is 1. The molecule has 1 saturated carbocycles. The van der Waals surface area contributed by atoms with Gasteiger partial charge in [-0.2, -0.15) is 5.10 Å². The smallest absolute Gasteiger partial charge is 0.305 e. The highest BCUT2D eigenvalue weighted by molar-refractivity contribution is 7.22. The normalized spacial score (nSPS) is 26.9. The fourth-order valence-electron chi connectivity index (χ4n) is 9.22. The van der Waals surface area contributed by atoms with Crippen LogP contribution in [0.25, 0.3) is 20.7 Å².